The molecule has 2 aromatic rings. The van der Waals surface area contributed by atoms with E-state index in [0.717, 1.165) is 5.56 Å². The molecule has 0 unspecified atom stereocenters. The zero-order valence-corrected chi connectivity index (χ0v) is 13.5. The van der Waals surface area contributed by atoms with E-state index in [4.69, 9.17) is 17.3 Å². The molecule has 0 atom stereocenters. The number of rotatable bonds is 5. The lowest BCUT2D eigenvalue weighted by Crippen LogP contribution is -2.25. The molecule has 0 saturated heterocycles. The van der Waals surface area contributed by atoms with Crippen LogP contribution in [0.1, 0.15) is 16.7 Å². The first kappa shape index (κ1) is 16.7. The van der Waals surface area contributed by atoms with Gasteiger partial charge in [0.25, 0.3) is 0 Å². The molecule has 0 bridgehead atoms. The Balaban J connectivity index is 2.08. The number of nitrogen functional groups attached to an aromatic ring is 1. The molecular formula is C15H16ClFN2O2S. The Labute approximate surface area is 134 Å². The topological polar surface area (TPSA) is 72.2 Å². The Morgan fingerprint density at radius 2 is 1.86 bits per heavy atom. The number of nitrogens with two attached hydrogens (primary N) is 1. The van der Waals surface area contributed by atoms with Gasteiger partial charge in [0.1, 0.15) is 5.82 Å². The van der Waals surface area contributed by atoms with Crippen LogP contribution in [0.4, 0.5) is 10.1 Å². The molecule has 118 valence electrons. The van der Waals surface area contributed by atoms with Crippen molar-refractivity contribution in [2.45, 2.75) is 19.2 Å². The van der Waals surface area contributed by atoms with Crippen molar-refractivity contribution in [2.75, 3.05) is 5.73 Å². The quantitative estimate of drug-likeness (QED) is 0.820. The first-order valence-corrected chi connectivity index (χ1v) is 8.56. The van der Waals surface area contributed by atoms with E-state index in [9.17, 15) is 12.8 Å². The average Bonchev–Trinajstić information content (AvgIpc) is 2.41. The van der Waals surface area contributed by atoms with Gasteiger partial charge in [-0.25, -0.2) is 17.5 Å². The molecule has 0 aromatic heterocycles. The summed E-state index contributed by atoms with van der Waals surface area (Å²) in [6.07, 6.45) is 0. The Kier molecular flexibility index (Phi) is 5.05. The molecule has 2 aromatic carbocycles. The summed E-state index contributed by atoms with van der Waals surface area (Å²) >= 11 is 5.99. The highest BCUT2D eigenvalue weighted by atomic mass is 35.5. The number of benzene rings is 2. The van der Waals surface area contributed by atoms with Crippen LogP contribution in [0.2, 0.25) is 5.02 Å². The van der Waals surface area contributed by atoms with Crippen LogP contribution in [0.25, 0.3) is 0 Å². The summed E-state index contributed by atoms with van der Waals surface area (Å²) < 4.78 is 40.2. The zero-order valence-electron chi connectivity index (χ0n) is 11.9. The Morgan fingerprint density at radius 1 is 1.18 bits per heavy atom. The van der Waals surface area contributed by atoms with Crippen LogP contribution in [-0.2, 0) is 22.3 Å². The molecule has 22 heavy (non-hydrogen) atoms. The fourth-order valence-corrected chi connectivity index (χ4v) is 3.30. The average molecular weight is 343 g/mol. The van der Waals surface area contributed by atoms with Crippen LogP contribution in [-0.4, -0.2) is 8.42 Å². The van der Waals surface area contributed by atoms with Crippen molar-refractivity contribution in [1.29, 1.82) is 0 Å². The number of aryl methyl sites for hydroxylation is 1. The van der Waals surface area contributed by atoms with E-state index in [-0.39, 0.29) is 12.1 Å². The van der Waals surface area contributed by atoms with Gasteiger partial charge in [0.05, 0.1) is 5.75 Å². The van der Waals surface area contributed by atoms with Crippen molar-refractivity contribution in [3.63, 3.8) is 0 Å². The van der Waals surface area contributed by atoms with Crippen LogP contribution in [0.15, 0.2) is 36.4 Å². The number of nitrogens with one attached hydrogen (secondary N) is 1. The third kappa shape index (κ3) is 4.43. The van der Waals surface area contributed by atoms with E-state index < -0.39 is 21.6 Å². The van der Waals surface area contributed by atoms with E-state index in [0.29, 0.717) is 16.3 Å². The highest BCUT2D eigenvalue weighted by Crippen LogP contribution is 2.19. The maximum atomic E-state index is 13.7. The molecule has 0 aliphatic heterocycles. The van der Waals surface area contributed by atoms with Crippen molar-refractivity contribution in [3.05, 3.63) is 63.9 Å². The molecule has 0 aliphatic carbocycles. The first-order valence-electron chi connectivity index (χ1n) is 6.53. The van der Waals surface area contributed by atoms with E-state index in [2.05, 4.69) is 4.72 Å². The number of hydrogen-bond acceptors (Lipinski definition) is 3. The van der Waals surface area contributed by atoms with Crippen LogP contribution in [0, 0.1) is 12.7 Å². The zero-order chi connectivity index (χ0) is 16.3. The highest BCUT2D eigenvalue weighted by molar-refractivity contribution is 7.88. The van der Waals surface area contributed by atoms with E-state index in [1.807, 2.05) is 0 Å². The molecule has 0 amide bonds. The van der Waals surface area contributed by atoms with Crippen LogP contribution in [0.3, 0.4) is 0 Å². The van der Waals surface area contributed by atoms with E-state index in [1.165, 1.54) is 12.1 Å². The van der Waals surface area contributed by atoms with Crippen LogP contribution in [0.5, 0.6) is 0 Å². The molecular weight excluding hydrogens is 327 g/mol. The van der Waals surface area contributed by atoms with Crippen molar-refractivity contribution in [3.8, 4) is 0 Å². The molecule has 7 heteroatoms. The van der Waals surface area contributed by atoms with Gasteiger partial charge in [0.15, 0.2) is 0 Å². The second kappa shape index (κ2) is 6.64. The summed E-state index contributed by atoms with van der Waals surface area (Å²) in [4.78, 5) is 0. The fourth-order valence-electron chi connectivity index (χ4n) is 1.92. The molecule has 0 spiro atoms. The van der Waals surface area contributed by atoms with E-state index >= 15 is 0 Å². The summed E-state index contributed by atoms with van der Waals surface area (Å²) in [5, 5.41) is 0.379. The second-order valence-electron chi connectivity index (χ2n) is 5.03. The lowest BCUT2D eigenvalue weighted by Gasteiger charge is -2.09. The third-order valence-electron chi connectivity index (χ3n) is 3.11. The molecule has 0 aliphatic rings. The molecule has 3 N–H and O–H groups in total. The van der Waals surface area contributed by atoms with Crippen molar-refractivity contribution < 1.29 is 12.8 Å². The Hall–Kier alpha value is -1.63. The minimum atomic E-state index is -3.67. The number of sulfonamides is 1. The predicted molar refractivity (Wildman–Crippen MR) is 86.5 cm³/mol. The lowest BCUT2D eigenvalue weighted by atomic mass is 10.2. The monoisotopic (exact) mass is 342 g/mol. The van der Waals surface area contributed by atoms with Gasteiger partial charge in [-0.2, -0.15) is 0 Å². The molecule has 0 fully saturated rings. The molecule has 0 heterocycles. The summed E-state index contributed by atoms with van der Waals surface area (Å²) in [6, 6.07) is 9.28. The van der Waals surface area contributed by atoms with Gasteiger partial charge >= 0.3 is 0 Å². The first-order chi connectivity index (χ1) is 10.3. The fraction of sp³-hybridized carbons (Fsp3) is 0.200. The van der Waals surface area contributed by atoms with Crippen molar-refractivity contribution >= 4 is 27.3 Å². The van der Waals surface area contributed by atoms with Gasteiger partial charge in [0.2, 0.25) is 10.0 Å². The van der Waals surface area contributed by atoms with Gasteiger partial charge in [-0.15, -0.1) is 0 Å². The normalized spacial score (nSPS) is 11.6. The third-order valence-corrected chi connectivity index (χ3v) is 4.74. The summed E-state index contributed by atoms with van der Waals surface area (Å²) in [5.74, 6) is -0.956. The summed E-state index contributed by atoms with van der Waals surface area (Å²) in [5.41, 5.74) is 7.54. The standard InChI is InChI=1S/C15H16ClFN2O2S/c1-10-2-3-12(15(17)6-10)9-22(20,21)19-8-11-4-5-13(18)7-14(11)16/h2-7,19H,8-9,18H2,1H3. The molecule has 0 radical (unpaired) electrons. The van der Waals surface area contributed by atoms with Crippen LogP contribution < -0.4 is 10.5 Å². The molecule has 2 rings (SSSR count). The second-order valence-corrected chi connectivity index (χ2v) is 7.24. The molecule has 4 nitrogen and oxygen atoms in total. The van der Waals surface area contributed by atoms with Gasteiger partial charge in [0, 0.05) is 22.8 Å². The van der Waals surface area contributed by atoms with Gasteiger partial charge < -0.3 is 5.73 Å². The van der Waals surface area contributed by atoms with E-state index in [1.54, 1.807) is 31.2 Å². The minimum Gasteiger partial charge on any atom is -0.399 e. The van der Waals surface area contributed by atoms with Gasteiger partial charge in [-0.3, -0.25) is 0 Å². The Morgan fingerprint density at radius 3 is 2.50 bits per heavy atom. The van der Waals surface area contributed by atoms with Crippen molar-refractivity contribution in [2.24, 2.45) is 0 Å². The number of anilines is 1. The number of hydrogen-bond donors (Lipinski definition) is 2. The van der Waals surface area contributed by atoms with Gasteiger partial charge in [-0.05, 0) is 36.2 Å². The minimum absolute atomic E-state index is 0.0227. The molecule has 0 saturated carbocycles. The van der Waals surface area contributed by atoms with Gasteiger partial charge in [-0.1, -0.05) is 29.8 Å². The van der Waals surface area contributed by atoms with Crippen molar-refractivity contribution in [1.82, 2.24) is 4.72 Å². The highest BCUT2D eigenvalue weighted by Gasteiger charge is 2.15. The van der Waals surface area contributed by atoms with Crippen LogP contribution >= 0.6 is 11.6 Å². The largest absolute Gasteiger partial charge is 0.399 e. The predicted octanol–water partition coefficient (Wildman–Crippen LogP) is 2.99. The Bertz CT molecular complexity index is 794. The maximum absolute atomic E-state index is 13.7. The number of halogens is 2. The summed E-state index contributed by atoms with van der Waals surface area (Å²) in [6.45, 7) is 1.76. The summed E-state index contributed by atoms with van der Waals surface area (Å²) in [7, 11) is -3.67. The maximum Gasteiger partial charge on any atom is 0.216 e. The smallest absolute Gasteiger partial charge is 0.216 e. The SMILES string of the molecule is Cc1ccc(CS(=O)(=O)NCc2ccc(N)cc2Cl)c(F)c1. The lowest BCUT2D eigenvalue weighted by molar-refractivity contribution is 0.574.